The maximum absolute atomic E-state index is 13.3. The van der Waals surface area contributed by atoms with Crippen LogP contribution < -0.4 is 42.8 Å². The zero-order valence-corrected chi connectivity index (χ0v) is 36.8. The Kier molecular flexibility index (Phi) is 20.8. The minimum atomic E-state index is -1.82. The van der Waals surface area contributed by atoms with Crippen molar-refractivity contribution < 1.29 is 83.4 Å². The number of hydrogen-bond acceptors (Lipinski definition) is 15. The molecule has 5 atom stereocenters. The highest BCUT2D eigenvalue weighted by molar-refractivity contribution is 5.98. The molecule has 3 aromatic rings. The van der Waals surface area contributed by atoms with E-state index in [1.165, 1.54) is 29.2 Å². The zero-order chi connectivity index (χ0) is 52.2. The molecule has 0 aliphatic heterocycles. The largest absolute Gasteiger partial charge is 0.481 e. The molecule has 0 bridgehead atoms. The van der Waals surface area contributed by atoms with E-state index in [1.807, 2.05) is 5.32 Å². The molecule has 0 aliphatic rings. The molecular formula is C43H49N9O18. The van der Waals surface area contributed by atoms with Crippen LogP contribution in [0.15, 0.2) is 47.3 Å². The van der Waals surface area contributed by atoms with E-state index in [2.05, 4.69) is 37.3 Å². The van der Waals surface area contributed by atoms with Gasteiger partial charge in [0.05, 0.1) is 17.4 Å². The van der Waals surface area contributed by atoms with Crippen LogP contribution in [0.3, 0.4) is 0 Å². The van der Waals surface area contributed by atoms with Gasteiger partial charge in [-0.3, -0.25) is 48.2 Å². The van der Waals surface area contributed by atoms with Gasteiger partial charge in [-0.05, 0) is 74.1 Å². The van der Waals surface area contributed by atoms with Crippen LogP contribution in [0.1, 0.15) is 80.1 Å². The number of terminal acetylenes is 1. The number of H-pyrrole nitrogens is 1. The number of nitrogens with two attached hydrogens (primary N) is 1. The fourth-order valence-corrected chi connectivity index (χ4v) is 6.46. The molecule has 0 saturated carbocycles. The number of amides is 5. The van der Waals surface area contributed by atoms with E-state index in [0.717, 1.165) is 0 Å². The van der Waals surface area contributed by atoms with Crippen LogP contribution in [0.25, 0.3) is 10.9 Å². The molecule has 0 fully saturated rings. The van der Waals surface area contributed by atoms with E-state index >= 15 is 0 Å². The van der Waals surface area contributed by atoms with Gasteiger partial charge < -0.3 is 63.0 Å². The number of fused-ring (bicyclic) bond motifs is 1. The number of aliphatic carboxylic acids is 6. The summed E-state index contributed by atoms with van der Waals surface area (Å²) in [6, 6.07) is 4.53. The lowest BCUT2D eigenvalue weighted by molar-refractivity contribution is -0.144. The van der Waals surface area contributed by atoms with Gasteiger partial charge in [-0.15, -0.1) is 0 Å². The fourth-order valence-electron chi connectivity index (χ4n) is 6.46. The first-order valence-electron chi connectivity index (χ1n) is 20.9. The Balaban J connectivity index is 1.57. The molecular weight excluding hydrogens is 931 g/mol. The Morgan fingerprint density at radius 2 is 1.03 bits per heavy atom. The molecule has 27 nitrogen and oxygen atoms in total. The first kappa shape index (κ1) is 55.2. The zero-order valence-electron chi connectivity index (χ0n) is 36.8. The Morgan fingerprint density at radius 3 is 1.46 bits per heavy atom. The third-order valence-corrected chi connectivity index (χ3v) is 10.1. The number of hydrogen-bond donors (Lipinski definition) is 13. The van der Waals surface area contributed by atoms with Gasteiger partial charge in [-0.2, -0.15) is 0 Å². The molecule has 1 heterocycles. The predicted octanol–water partition coefficient (Wildman–Crippen LogP) is -1.45. The molecule has 70 heavy (non-hydrogen) atoms. The second-order valence-electron chi connectivity index (χ2n) is 15.3. The summed E-state index contributed by atoms with van der Waals surface area (Å²) in [5.41, 5.74) is 6.57. The summed E-state index contributed by atoms with van der Waals surface area (Å²) in [4.78, 5) is 154. The summed E-state index contributed by atoms with van der Waals surface area (Å²) in [6.07, 6.45) is -0.260. The van der Waals surface area contributed by atoms with Crippen molar-refractivity contribution in [1.29, 1.82) is 0 Å². The van der Waals surface area contributed by atoms with Crippen molar-refractivity contribution in [3.05, 3.63) is 63.9 Å². The Morgan fingerprint density at radius 1 is 0.600 bits per heavy atom. The van der Waals surface area contributed by atoms with Crippen LogP contribution >= 0.6 is 0 Å². The minimum absolute atomic E-state index is 0.0158. The number of carboxylic acid groups (broad SMARTS) is 6. The highest BCUT2D eigenvalue weighted by Gasteiger charge is 2.30. The second kappa shape index (κ2) is 26.3. The molecule has 2 aromatic carbocycles. The summed E-state index contributed by atoms with van der Waals surface area (Å²) in [7, 11) is 0. The first-order valence-corrected chi connectivity index (χ1v) is 20.9. The van der Waals surface area contributed by atoms with Crippen LogP contribution in [0, 0.1) is 12.5 Å². The second-order valence-corrected chi connectivity index (χ2v) is 15.3. The smallest absolute Gasteiger partial charge is 0.326 e. The lowest BCUT2D eigenvalue weighted by Gasteiger charge is -2.22. The standard InChI is InChI=1S/C43H49N9O18/c1-2-52(20-21-3-8-25-24(19-21)37(61)51-43(44)50-25)23-6-4-22(5-7-23)36(60)48-26(12-17-34(56)57)38(62)49-30(42(69)70)11-16-33(55)46-28(40(65)66)9-14-31(53)45-27(39(63)64)10-15-32(54)47-29(41(67)68)13-18-35(58)59/h1,3-8,19,26-30H,9-18,20H2,(H,45,53)(H,46,55)(H,47,54)(H,48,60)(H,49,62)(H,56,57)(H,58,59)(H,63,64)(H,65,66)(H,67,68)(H,69,70)(H3,44,50,51,61). The number of nitrogens with one attached hydrogen (secondary N) is 6. The third-order valence-electron chi connectivity index (χ3n) is 10.1. The lowest BCUT2D eigenvalue weighted by Crippen LogP contribution is -2.52. The summed E-state index contributed by atoms with van der Waals surface area (Å²) >= 11 is 0. The van der Waals surface area contributed by atoms with Crippen molar-refractivity contribution in [1.82, 2.24) is 36.6 Å². The number of carboxylic acids is 6. The third kappa shape index (κ3) is 17.9. The quantitative estimate of drug-likeness (QED) is 0.0279. The van der Waals surface area contributed by atoms with Gasteiger partial charge in [-0.1, -0.05) is 12.5 Å². The average Bonchev–Trinajstić information content (AvgIpc) is 3.29. The molecule has 3 rings (SSSR count). The molecule has 0 radical (unpaired) electrons. The van der Waals surface area contributed by atoms with Crippen LogP contribution in [-0.2, 0) is 54.5 Å². The van der Waals surface area contributed by atoms with Crippen LogP contribution in [0.5, 0.6) is 0 Å². The number of anilines is 2. The van der Waals surface area contributed by atoms with E-state index < -0.39 is 165 Å². The predicted molar refractivity (Wildman–Crippen MR) is 239 cm³/mol. The maximum atomic E-state index is 13.3. The number of carbonyl (C=O) groups excluding carboxylic acids is 5. The van der Waals surface area contributed by atoms with Crippen LogP contribution in [0.2, 0.25) is 0 Å². The number of nitrogen functional groups attached to an aromatic ring is 1. The van der Waals surface area contributed by atoms with E-state index in [4.69, 9.17) is 17.3 Å². The summed E-state index contributed by atoms with van der Waals surface area (Å²) in [5, 5.41) is 67.2. The number of carbonyl (C=O) groups is 11. The Hall–Kier alpha value is -9.09. The Labute approximate surface area is 395 Å². The first-order chi connectivity index (χ1) is 33.0. The van der Waals surface area contributed by atoms with E-state index in [9.17, 15) is 83.1 Å². The van der Waals surface area contributed by atoms with Crippen molar-refractivity contribution in [2.75, 3.05) is 10.6 Å². The lowest BCUT2D eigenvalue weighted by atomic mass is 10.1. The van der Waals surface area contributed by atoms with Crippen molar-refractivity contribution in [2.24, 2.45) is 0 Å². The molecule has 27 heteroatoms. The molecule has 374 valence electrons. The monoisotopic (exact) mass is 979 g/mol. The van der Waals surface area contributed by atoms with Gasteiger partial charge in [0.2, 0.25) is 29.6 Å². The number of aromatic amines is 1. The molecule has 0 spiro atoms. The summed E-state index contributed by atoms with van der Waals surface area (Å²) in [6.45, 7) is 0.121. The molecule has 5 amide bonds. The van der Waals surface area contributed by atoms with Gasteiger partial charge in [0.25, 0.3) is 11.5 Å². The SMILES string of the molecule is C#CN(Cc1ccc2nc(N)[nH]c(=O)c2c1)c1ccc(C(=O)NC(CCC(=O)O)C(=O)NC(CCC(=O)NC(CCC(=O)NC(CCC(=O)NC(CCC(=O)O)C(=O)O)C(=O)O)C(=O)O)C(=O)O)cc1. The number of nitrogens with zero attached hydrogens (tertiary/aromatic N) is 2. The fraction of sp³-hybridized carbons (Fsp3) is 0.372. The topological polar surface area (TPSA) is 444 Å². The van der Waals surface area contributed by atoms with Crippen molar-refractivity contribution >= 4 is 87.9 Å². The van der Waals surface area contributed by atoms with Crippen molar-refractivity contribution in [2.45, 2.75) is 101 Å². The highest BCUT2D eigenvalue weighted by Crippen LogP contribution is 2.20. The minimum Gasteiger partial charge on any atom is -0.481 e. The summed E-state index contributed by atoms with van der Waals surface area (Å²) in [5.74, 6) is -14.2. The molecule has 0 aliphatic carbocycles. The van der Waals surface area contributed by atoms with E-state index in [-0.39, 0.29) is 23.4 Å². The van der Waals surface area contributed by atoms with Gasteiger partial charge in [0.1, 0.15) is 30.2 Å². The number of aromatic nitrogens is 2. The van der Waals surface area contributed by atoms with E-state index in [0.29, 0.717) is 16.8 Å². The molecule has 0 saturated heterocycles. The Bertz CT molecular complexity index is 2590. The number of benzene rings is 2. The summed E-state index contributed by atoms with van der Waals surface area (Å²) < 4.78 is 0. The van der Waals surface area contributed by atoms with Crippen molar-refractivity contribution in [3.63, 3.8) is 0 Å². The normalized spacial score (nSPS) is 12.8. The van der Waals surface area contributed by atoms with Crippen LogP contribution in [0.4, 0.5) is 11.6 Å². The van der Waals surface area contributed by atoms with Gasteiger partial charge in [0.15, 0.2) is 0 Å². The molecule has 1 aromatic heterocycles. The van der Waals surface area contributed by atoms with Gasteiger partial charge >= 0.3 is 35.8 Å². The average molecular weight is 980 g/mol. The van der Waals surface area contributed by atoms with E-state index in [1.54, 1.807) is 18.2 Å². The van der Waals surface area contributed by atoms with Gasteiger partial charge in [-0.25, -0.2) is 24.2 Å². The van der Waals surface area contributed by atoms with Gasteiger partial charge in [0, 0.05) is 49.4 Å². The highest BCUT2D eigenvalue weighted by atomic mass is 16.4. The maximum Gasteiger partial charge on any atom is 0.326 e. The number of rotatable bonds is 29. The molecule has 5 unspecified atom stereocenters. The van der Waals surface area contributed by atoms with Crippen LogP contribution in [-0.4, -0.2) is 136 Å². The van der Waals surface area contributed by atoms with Crippen molar-refractivity contribution in [3.8, 4) is 12.5 Å². The molecule has 14 N–H and O–H groups in total.